The van der Waals surface area contributed by atoms with Gasteiger partial charge in [-0.2, -0.15) is 0 Å². The van der Waals surface area contributed by atoms with Crippen LogP contribution in [-0.2, 0) is 16.0 Å². The van der Waals surface area contributed by atoms with Gasteiger partial charge in [0.1, 0.15) is 5.15 Å². The average molecular weight is 214 g/mol. The van der Waals surface area contributed by atoms with E-state index in [1.807, 2.05) is 6.92 Å². The quantitative estimate of drug-likeness (QED) is 0.571. The molecule has 0 aromatic carbocycles. The van der Waals surface area contributed by atoms with Crippen LogP contribution in [-0.4, -0.2) is 17.6 Å². The lowest BCUT2D eigenvalue weighted by Gasteiger charge is -2.04. The molecule has 14 heavy (non-hydrogen) atoms. The Morgan fingerprint density at radius 3 is 2.86 bits per heavy atom. The van der Waals surface area contributed by atoms with Gasteiger partial charge in [-0.3, -0.25) is 4.79 Å². The Kier molecular flexibility index (Phi) is 3.89. The van der Waals surface area contributed by atoms with Gasteiger partial charge in [0.25, 0.3) is 0 Å². The van der Waals surface area contributed by atoms with Crippen LogP contribution in [0.25, 0.3) is 0 Å². The Bertz CT molecular complexity index is 339. The molecule has 0 aliphatic carbocycles. The summed E-state index contributed by atoms with van der Waals surface area (Å²) in [6, 6.07) is 3.46. The van der Waals surface area contributed by atoms with Gasteiger partial charge in [-0.15, -0.1) is 0 Å². The summed E-state index contributed by atoms with van der Waals surface area (Å²) in [4.78, 5) is 15.2. The van der Waals surface area contributed by atoms with Crippen LogP contribution < -0.4 is 0 Å². The first-order valence-corrected chi connectivity index (χ1v) is 4.79. The molecule has 4 heteroatoms. The van der Waals surface area contributed by atoms with Gasteiger partial charge >= 0.3 is 5.97 Å². The van der Waals surface area contributed by atoms with Gasteiger partial charge in [0.15, 0.2) is 0 Å². The number of aryl methyl sites for hydroxylation is 1. The van der Waals surface area contributed by atoms with E-state index in [4.69, 9.17) is 16.3 Å². The second kappa shape index (κ2) is 4.96. The number of pyridine rings is 1. The molecule has 0 aliphatic rings. The summed E-state index contributed by atoms with van der Waals surface area (Å²) in [7, 11) is 0. The number of hydrogen-bond acceptors (Lipinski definition) is 3. The van der Waals surface area contributed by atoms with E-state index in [0.29, 0.717) is 11.8 Å². The minimum Gasteiger partial charge on any atom is -0.466 e. The summed E-state index contributed by atoms with van der Waals surface area (Å²) in [6.45, 7) is 4.00. The Labute approximate surface area is 88.1 Å². The highest BCUT2D eigenvalue weighted by atomic mass is 35.5. The molecular formula is C10H12ClNO2. The molecule has 1 aromatic rings. The van der Waals surface area contributed by atoms with Gasteiger partial charge in [-0.1, -0.05) is 17.7 Å². The van der Waals surface area contributed by atoms with Crippen molar-refractivity contribution in [3.63, 3.8) is 0 Å². The zero-order valence-electron chi connectivity index (χ0n) is 8.21. The third kappa shape index (κ3) is 3.00. The SMILES string of the molecule is CCOC(=O)Cc1ccc(Cl)nc1C. The van der Waals surface area contributed by atoms with E-state index in [0.717, 1.165) is 11.3 Å². The van der Waals surface area contributed by atoms with Crippen molar-refractivity contribution in [1.29, 1.82) is 0 Å². The van der Waals surface area contributed by atoms with E-state index in [1.54, 1.807) is 19.1 Å². The van der Waals surface area contributed by atoms with E-state index in [9.17, 15) is 4.79 Å². The summed E-state index contributed by atoms with van der Waals surface area (Å²) < 4.78 is 4.83. The molecule has 0 spiro atoms. The molecule has 0 aliphatic heterocycles. The Morgan fingerprint density at radius 1 is 1.57 bits per heavy atom. The van der Waals surface area contributed by atoms with Crippen molar-refractivity contribution in [3.05, 3.63) is 28.5 Å². The van der Waals surface area contributed by atoms with Crippen molar-refractivity contribution in [3.8, 4) is 0 Å². The molecule has 0 fully saturated rings. The van der Waals surface area contributed by atoms with Crippen LogP contribution in [0.3, 0.4) is 0 Å². The molecule has 0 saturated carbocycles. The topological polar surface area (TPSA) is 39.2 Å². The van der Waals surface area contributed by atoms with Crippen LogP contribution in [0.15, 0.2) is 12.1 Å². The second-order valence-electron chi connectivity index (χ2n) is 2.86. The Morgan fingerprint density at radius 2 is 2.29 bits per heavy atom. The molecule has 0 amide bonds. The zero-order chi connectivity index (χ0) is 10.6. The van der Waals surface area contributed by atoms with Gasteiger partial charge in [-0.25, -0.2) is 4.98 Å². The predicted molar refractivity (Wildman–Crippen MR) is 54.3 cm³/mol. The highest BCUT2D eigenvalue weighted by molar-refractivity contribution is 6.29. The average Bonchev–Trinajstić information content (AvgIpc) is 2.10. The number of rotatable bonds is 3. The lowest BCUT2D eigenvalue weighted by molar-refractivity contribution is -0.142. The number of carbonyl (C=O) groups excluding carboxylic acids is 1. The first kappa shape index (κ1) is 11.0. The van der Waals surface area contributed by atoms with Crippen LogP contribution in [0.4, 0.5) is 0 Å². The van der Waals surface area contributed by atoms with Crippen molar-refractivity contribution in [1.82, 2.24) is 4.98 Å². The summed E-state index contributed by atoms with van der Waals surface area (Å²) in [5.74, 6) is -0.236. The molecule has 0 saturated heterocycles. The summed E-state index contributed by atoms with van der Waals surface area (Å²) in [5, 5.41) is 0.440. The first-order chi connectivity index (χ1) is 6.63. The molecule has 0 N–H and O–H groups in total. The smallest absolute Gasteiger partial charge is 0.310 e. The predicted octanol–water partition coefficient (Wildman–Crippen LogP) is 2.15. The molecule has 3 nitrogen and oxygen atoms in total. The number of esters is 1. The van der Waals surface area contributed by atoms with Crippen LogP contribution in [0.2, 0.25) is 5.15 Å². The van der Waals surface area contributed by atoms with Crippen molar-refractivity contribution >= 4 is 17.6 Å². The lowest BCUT2D eigenvalue weighted by Crippen LogP contribution is -2.09. The van der Waals surface area contributed by atoms with E-state index < -0.39 is 0 Å². The van der Waals surface area contributed by atoms with Gasteiger partial charge in [0, 0.05) is 5.69 Å². The van der Waals surface area contributed by atoms with E-state index in [2.05, 4.69) is 4.98 Å². The highest BCUT2D eigenvalue weighted by Crippen LogP contribution is 2.11. The van der Waals surface area contributed by atoms with Gasteiger partial charge in [0.05, 0.1) is 13.0 Å². The molecule has 76 valence electrons. The van der Waals surface area contributed by atoms with Crippen molar-refractivity contribution in [2.75, 3.05) is 6.61 Å². The molecule has 1 rings (SSSR count). The highest BCUT2D eigenvalue weighted by Gasteiger charge is 2.07. The van der Waals surface area contributed by atoms with E-state index in [1.165, 1.54) is 0 Å². The lowest BCUT2D eigenvalue weighted by atomic mass is 10.1. The Balaban J connectivity index is 2.72. The summed E-state index contributed by atoms with van der Waals surface area (Å²) >= 11 is 5.69. The molecule has 1 aromatic heterocycles. The normalized spacial score (nSPS) is 9.93. The maximum Gasteiger partial charge on any atom is 0.310 e. The number of aromatic nitrogens is 1. The third-order valence-electron chi connectivity index (χ3n) is 1.80. The van der Waals surface area contributed by atoms with Crippen molar-refractivity contribution < 1.29 is 9.53 Å². The van der Waals surface area contributed by atoms with Crippen molar-refractivity contribution in [2.24, 2.45) is 0 Å². The minimum atomic E-state index is -0.236. The minimum absolute atomic E-state index is 0.236. The number of hydrogen-bond donors (Lipinski definition) is 0. The van der Waals surface area contributed by atoms with Gasteiger partial charge in [0.2, 0.25) is 0 Å². The first-order valence-electron chi connectivity index (χ1n) is 4.41. The molecular weight excluding hydrogens is 202 g/mol. The monoisotopic (exact) mass is 213 g/mol. The molecule has 0 radical (unpaired) electrons. The fourth-order valence-electron chi connectivity index (χ4n) is 1.11. The number of ether oxygens (including phenoxy) is 1. The fraction of sp³-hybridized carbons (Fsp3) is 0.400. The summed E-state index contributed by atoms with van der Waals surface area (Å²) in [6.07, 6.45) is 0.254. The van der Waals surface area contributed by atoms with Gasteiger partial charge < -0.3 is 4.74 Å². The maximum absolute atomic E-state index is 11.2. The Hall–Kier alpha value is -1.09. The largest absolute Gasteiger partial charge is 0.466 e. The van der Waals surface area contributed by atoms with Gasteiger partial charge in [-0.05, 0) is 25.5 Å². The third-order valence-corrected chi connectivity index (χ3v) is 2.01. The van der Waals surface area contributed by atoms with Crippen molar-refractivity contribution in [2.45, 2.75) is 20.3 Å². The standard InChI is InChI=1S/C10H12ClNO2/c1-3-14-10(13)6-8-4-5-9(11)12-7(8)2/h4-5H,3,6H2,1-2H3. The molecule has 0 atom stereocenters. The summed E-state index contributed by atoms with van der Waals surface area (Å²) in [5.41, 5.74) is 1.62. The number of carbonyl (C=O) groups is 1. The fourth-order valence-corrected chi connectivity index (χ4v) is 1.30. The number of halogens is 1. The zero-order valence-corrected chi connectivity index (χ0v) is 8.97. The second-order valence-corrected chi connectivity index (χ2v) is 3.25. The maximum atomic E-state index is 11.2. The molecule has 0 bridgehead atoms. The van der Waals surface area contributed by atoms with E-state index >= 15 is 0 Å². The van der Waals surface area contributed by atoms with Crippen LogP contribution in [0.1, 0.15) is 18.2 Å². The van der Waals surface area contributed by atoms with Crippen LogP contribution >= 0.6 is 11.6 Å². The van der Waals surface area contributed by atoms with E-state index in [-0.39, 0.29) is 12.4 Å². The van der Waals surface area contributed by atoms with Crippen LogP contribution in [0.5, 0.6) is 0 Å². The molecule has 1 heterocycles. The van der Waals surface area contributed by atoms with Crippen LogP contribution in [0, 0.1) is 6.92 Å². The molecule has 0 unspecified atom stereocenters. The number of nitrogens with zero attached hydrogens (tertiary/aromatic N) is 1.